The van der Waals surface area contributed by atoms with Crippen molar-refractivity contribution in [3.63, 3.8) is 0 Å². The van der Waals surface area contributed by atoms with Crippen LogP contribution in [0.2, 0.25) is 0 Å². The van der Waals surface area contributed by atoms with Crippen molar-refractivity contribution in [3.8, 4) is 0 Å². The van der Waals surface area contributed by atoms with Gasteiger partial charge in [0.15, 0.2) is 6.29 Å². The first-order valence-electron chi connectivity index (χ1n) is 21.4. The van der Waals surface area contributed by atoms with Gasteiger partial charge in [-0.15, -0.1) is 0 Å². The Balaban J connectivity index is 2.08. The fourth-order valence-corrected chi connectivity index (χ4v) is 8.35. The SMILES string of the molecule is CN(C(=O)OC(C)(C)C)[C@@H]1[C@@H](O)[C@@H](O[C@@H]2[C@@H](O)[C@H](O[C@H]3OC(CN)=CC[C@H]3NS(=O)(=O)CCN)[C@@H](NC(=O)OC(C)(C)C)C[C@H]2NC(=O)[C@@H](O)CCNC(=O)OC(C)(C)C)OC[C@]1(C)O. The summed E-state index contributed by atoms with van der Waals surface area (Å²) in [6.07, 6.45) is -13.8. The fourth-order valence-electron chi connectivity index (χ4n) is 7.26. The van der Waals surface area contributed by atoms with E-state index in [9.17, 15) is 48.0 Å². The third-order valence-corrected chi connectivity index (χ3v) is 11.4. The van der Waals surface area contributed by atoms with Crippen LogP contribution in [0.4, 0.5) is 14.4 Å². The first-order valence-corrected chi connectivity index (χ1v) is 23.1. The Labute approximate surface area is 380 Å². The molecule has 25 heteroatoms. The highest BCUT2D eigenvalue weighted by Crippen LogP contribution is 2.35. The number of carbonyl (C=O) groups is 4. The summed E-state index contributed by atoms with van der Waals surface area (Å²) in [5, 5.41) is 54.2. The van der Waals surface area contributed by atoms with Crippen LogP contribution in [0.25, 0.3) is 0 Å². The molecule has 0 aromatic rings. The van der Waals surface area contributed by atoms with Gasteiger partial charge >= 0.3 is 18.3 Å². The van der Waals surface area contributed by atoms with Gasteiger partial charge in [-0.25, -0.2) is 27.5 Å². The minimum absolute atomic E-state index is 0.0157. The molecule has 1 aliphatic carbocycles. The second-order valence-corrected chi connectivity index (χ2v) is 21.4. The minimum Gasteiger partial charge on any atom is -0.467 e. The number of aliphatic hydroxyl groups is 4. The van der Waals surface area contributed by atoms with Gasteiger partial charge in [0, 0.05) is 20.1 Å². The van der Waals surface area contributed by atoms with E-state index in [4.69, 9.17) is 44.6 Å². The number of hydrogen-bond acceptors (Lipinski definition) is 19. The van der Waals surface area contributed by atoms with Crippen LogP contribution < -0.4 is 32.1 Å². The predicted octanol–water partition coefficient (Wildman–Crippen LogP) is -1.29. The molecule has 3 rings (SSSR count). The number of amides is 4. The second-order valence-electron chi connectivity index (χ2n) is 19.5. The molecular formula is C40H73N7O17S. The topological polar surface area (TPSA) is 351 Å². The average molecular weight is 956 g/mol. The van der Waals surface area contributed by atoms with E-state index in [1.54, 1.807) is 68.4 Å². The van der Waals surface area contributed by atoms with Gasteiger partial charge in [0.25, 0.3) is 0 Å². The summed E-state index contributed by atoms with van der Waals surface area (Å²) in [5.74, 6) is -1.24. The van der Waals surface area contributed by atoms with Gasteiger partial charge in [0.05, 0.1) is 43.1 Å². The number of aliphatic hydroxyl groups excluding tert-OH is 3. The van der Waals surface area contributed by atoms with E-state index in [2.05, 4.69) is 20.7 Å². The molecule has 376 valence electrons. The molecule has 3 aliphatic rings. The van der Waals surface area contributed by atoms with Crippen molar-refractivity contribution in [2.24, 2.45) is 11.5 Å². The number of hydrogen-bond donors (Lipinski definition) is 10. The highest BCUT2D eigenvalue weighted by molar-refractivity contribution is 7.89. The maximum absolute atomic E-state index is 13.7. The van der Waals surface area contributed by atoms with Crippen LogP contribution in [0.3, 0.4) is 0 Å². The normalized spacial score (nSPS) is 30.4. The molecule has 0 aromatic carbocycles. The Morgan fingerprint density at radius 2 is 1.43 bits per heavy atom. The van der Waals surface area contributed by atoms with Crippen molar-refractivity contribution >= 4 is 34.2 Å². The Morgan fingerprint density at radius 3 is 1.98 bits per heavy atom. The molecule has 0 spiro atoms. The van der Waals surface area contributed by atoms with Crippen molar-refractivity contribution in [3.05, 3.63) is 11.8 Å². The lowest BCUT2D eigenvalue weighted by Gasteiger charge is -2.50. The quantitative estimate of drug-likeness (QED) is 0.0805. The zero-order chi connectivity index (χ0) is 49.5. The number of alkyl carbamates (subject to hydrolysis) is 2. The van der Waals surface area contributed by atoms with Gasteiger partial charge in [0.1, 0.15) is 58.7 Å². The van der Waals surface area contributed by atoms with Gasteiger partial charge in [0.2, 0.25) is 22.2 Å². The van der Waals surface area contributed by atoms with E-state index in [0.29, 0.717) is 0 Å². The summed E-state index contributed by atoms with van der Waals surface area (Å²) in [7, 11) is -2.70. The lowest BCUT2D eigenvalue weighted by molar-refractivity contribution is -0.311. The molecule has 65 heavy (non-hydrogen) atoms. The standard InChI is InChI=1S/C40H73N7O17S/c1-37(2,3)62-34(52)43-16-14-25(48)31(51)44-23-18-24(45-35(53)63-38(4,5)6)29(60-32-22(13-12-21(19-42)59-32)46-65(56,57)17-15-41)26(49)28(23)61-33-27(50)30(40(10,55)20-58-33)47(11)36(54)64-39(7,8)9/h12,22-30,32-33,46,48-50,55H,13-20,41-42H2,1-11H3,(H,43,52)(H,44,51)(H,45,53)/t22-,23-,24+,25+,26-,27-,28+,29-,30-,32-,33-,40+/m1/s1. The van der Waals surface area contributed by atoms with E-state index in [1.165, 1.54) is 14.0 Å². The summed E-state index contributed by atoms with van der Waals surface area (Å²) in [6, 6.07) is -5.21. The van der Waals surface area contributed by atoms with Gasteiger partial charge in [-0.05, 0) is 94.6 Å². The number of carbonyl (C=O) groups excluding carboxylic acids is 4. The lowest BCUT2D eigenvalue weighted by Crippen LogP contribution is -2.71. The molecule has 2 heterocycles. The molecular weight excluding hydrogens is 883 g/mol. The zero-order valence-corrected chi connectivity index (χ0v) is 40.0. The third-order valence-electron chi connectivity index (χ3n) is 9.97. The van der Waals surface area contributed by atoms with E-state index in [-0.39, 0.29) is 44.7 Å². The molecule has 0 aromatic heterocycles. The molecule has 2 aliphatic heterocycles. The summed E-state index contributed by atoms with van der Waals surface area (Å²) in [6.45, 7) is 15.0. The van der Waals surface area contributed by atoms with Crippen LogP contribution in [0.1, 0.15) is 88.5 Å². The number of likely N-dealkylation sites (N-methyl/N-ethyl adjacent to an activating group) is 1. The zero-order valence-electron chi connectivity index (χ0n) is 39.2. The Bertz CT molecular complexity index is 1770. The van der Waals surface area contributed by atoms with Crippen molar-refractivity contribution in [2.45, 2.75) is 178 Å². The molecule has 0 unspecified atom stereocenters. The number of nitrogens with one attached hydrogen (secondary N) is 4. The Kier molecular flexibility index (Phi) is 19.2. The van der Waals surface area contributed by atoms with Gasteiger partial charge in [-0.1, -0.05) is 0 Å². The smallest absolute Gasteiger partial charge is 0.410 e. The van der Waals surface area contributed by atoms with E-state index < -0.39 is 136 Å². The molecule has 12 atom stereocenters. The van der Waals surface area contributed by atoms with Crippen LogP contribution >= 0.6 is 0 Å². The summed E-state index contributed by atoms with van der Waals surface area (Å²) >= 11 is 0. The molecule has 1 saturated heterocycles. The van der Waals surface area contributed by atoms with Gasteiger partial charge in [-0.2, -0.15) is 0 Å². The lowest BCUT2D eigenvalue weighted by atomic mass is 9.82. The van der Waals surface area contributed by atoms with E-state index in [1.807, 2.05) is 0 Å². The Hall–Kier alpha value is -3.63. The highest BCUT2D eigenvalue weighted by atomic mass is 32.2. The number of ether oxygens (including phenoxy) is 7. The third kappa shape index (κ3) is 17.2. The maximum atomic E-state index is 13.7. The molecule has 12 N–H and O–H groups in total. The Morgan fingerprint density at radius 1 is 0.877 bits per heavy atom. The van der Waals surface area contributed by atoms with Crippen molar-refractivity contribution in [2.75, 3.05) is 39.0 Å². The number of sulfonamides is 1. The highest BCUT2D eigenvalue weighted by Gasteiger charge is 2.55. The maximum Gasteiger partial charge on any atom is 0.410 e. The van der Waals surface area contributed by atoms with Crippen molar-refractivity contribution < 1.29 is 81.2 Å². The molecule has 24 nitrogen and oxygen atoms in total. The molecule has 1 saturated carbocycles. The van der Waals surface area contributed by atoms with Gasteiger partial charge < -0.3 is 85.9 Å². The van der Waals surface area contributed by atoms with Crippen LogP contribution in [-0.4, -0.2) is 187 Å². The number of rotatable bonds is 16. The monoisotopic (exact) mass is 955 g/mol. The first kappa shape index (κ1) is 55.7. The number of nitrogens with zero attached hydrogens (tertiary/aromatic N) is 1. The number of nitrogens with two attached hydrogens (primary N) is 2. The molecule has 0 bridgehead atoms. The molecule has 0 radical (unpaired) electrons. The van der Waals surface area contributed by atoms with Crippen molar-refractivity contribution in [1.82, 2.24) is 25.6 Å². The van der Waals surface area contributed by atoms with Crippen LogP contribution in [0.15, 0.2) is 11.8 Å². The van der Waals surface area contributed by atoms with Gasteiger partial charge in [-0.3, -0.25) is 4.79 Å². The largest absolute Gasteiger partial charge is 0.467 e. The van der Waals surface area contributed by atoms with Crippen LogP contribution in [-0.2, 0) is 48.0 Å². The van der Waals surface area contributed by atoms with E-state index in [0.717, 1.165) is 4.90 Å². The average Bonchev–Trinajstić information content (AvgIpc) is 3.13. The summed E-state index contributed by atoms with van der Waals surface area (Å²) in [5.41, 5.74) is 6.74. The van der Waals surface area contributed by atoms with Crippen molar-refractivity contribution in [1.29, 1.82) is 0 Å². The minimum atomic E-state index is -4.00. The molecule has 4 amide bonds. The second kappa shape index (κ2) is 22.4. The predicted molar refractivity (Wildman–Crippen MR) is 231 cm³/mol. The molecule has 2 fully saturated rings. The summed E-state index contributed by atoms with van der Waals surface area (Å²) in [4.78, 5) is 53.5. The summed E-state index contributed by atoms with van der Waals surface area (Å²) < 4.78 is 68.9. The fraction of sp³-hybridized carbons (Fsp3) is 0.850. The van der Waals surface area contributed by atoms with E-state index >= 15 is 0 Å². The van der Waals surface area contributed by atoms with Crippen LogP contribution in [0.5, 0.6) is 0 Å². The first-order chi connectivity index (χ1) is 29.8. The van der Waals surface area contributed by atoms with Crippen LogP contribution in [0, 0.1) is 0 Å².